The number of rotatable bonds is 6. The first kappa shape index (κ1) is 17.5. The molecule has 0 saturated carbocycles. The largest absolute Gasteiger partial charge is 0.480 e. The topological polar surface area (TPSA) is 83.5 Å². The smallest absolute Gasteiger partial charge is 0.321 e. The summed E-state index contributed by atoms with van der Waals surface area (Å²) in [4.78, 5) is 12.8. The third-order valence-corrected chi connectivity index (χ3v) is 5.67. The van der Waals surface area contributed by atoms with Gasteiger partial charge in [0.1, 0.15) is 6.04 Å². The third-order valence-electron chi connectivity index (χ3n) is 3.09. The molecule has 2 aromatic carbocycles. The summed E-state index contributed by atoms with van der Waals surface area (Å²) in [6.45, 7) is 3.29. The number of carbonyl (C=O) groups is 1. The molecule has 0 radical (unpaired) electrons. The van der Waals surface area contributed by atoms with Gasteiger partial charge in [0.15, 0.2) is 0 Å². The second kappa shape index (κ2) is 7.16. The Labute approximate surface area is 139 Å². The average molecular weight is 351 g/mol. The van der Waals surface area contributed by atoms with Gasteiger partial charge in [-0.15, -0.1) is 0 Å². The van der Waals surface area contributed by atoms with E-state index in [2.05, 4.69) is 4.72 Å². The first-order chi connectivity index (χ1) is 10.8. The van der Waals surface area contributed by atoms with Crippen molar-refractivity contribution in [3.8, 4) is 0 Å². The first-order valence-electron chi connectivity index (χ1n) is 6.87. The van der Waals surface area contributed by atoms with Gasteiger partial charge in [-0.1, -0.05) is 29.5 Å². The molecule has 0 aromatic heterocycles. The van der Waals surface area contributed by atoms with E-state index in [1.165, 1.54) is 36.4 Å². The van der Waals surface area contributed by atoms with Gasteiger partial charge in [-0.2, -0.15) is 4.72 Å². The van der Waals surface area contributed by atoms with Gasteiger partial charge in [-0.05, 0) is 50.2 Å². The van der Waals surface area contributed by atoms with Gasteiger partial charge >= 0.3 is 5.97 Å². The molecule has 5 nitrogen and oxygen atoms in total. The molecule has 23 heavy (non-hydrogen) atoms. The Bertz CT molecular complexity index is 784. The van der Waals surface area contributed by atoms with E-state index >= 15 is 0 Å². The molecule has 0 unspecified atom stereocenters. The predicted octanol–water partition coefficient (Wildman–Crippen LogP) is 2.90. The highest BCUT2D eigenvalue weighted by Crippen LogP contribution is 2.28. The summed E-state index contributed by atoms with van der Waals surface area (Å²) in [7, 11) is -3.84. The summed E-state index contributed by atoms with van der Waals surface area (Å²) >= 11 is 1.53. The molecule has 2 rings (SSSR count). The monoisotopic (exact) mass is 351 g/mol. The van der Waals surface area contributed by atoms with Crippen LogP contribution in [0, 0.1) is 6.92 Å². The molecule has 0 aliphatic carbocycles. The van der Waals surface area contributed by atoms with Crippen LogP contribution in [0.4, 0.5) is 0 Å². The maximum Gasteiger partial charge on any atom is 0.321 e. The maximum atomic E-state index is 12.1. The molecule has 2 N–H and O–H groups in total. The summed E-state index contributed by atoms with van der Waals surface area (Å²) in [5.41, 5.74) is 1.18. The van der Waals surface area contributed by atoms with E-state index in [1.54, 1.807) is 12.1 Å². The summed E-state index contributed by atoms with van der Waals surface area (Å²) in [6, 6.07) is 13.2. The van der Waals surface area contributed by atoms with Gasteiger partial charge in [-0.3, -0.25) is 4.79 Å². The van der Waals surface area contributed by atoms with Gasteiger partial charge in [0.2, 0.25) is 10.0 Å². The van der Waals surface area contributed by atoms with Crippen LogP contribution in [0.1, 0.15) is 12.5 Å². The molecule has 0 heterocycles. The Hall–Kier alpha value is -1.83. The number of sulfonamides is 1. The summed E-state index contributed by atoms with van der Waals surface area (Å²) < 4.78 is 26.3. The van der Waals surface area contributed by atoms with Gasteiger partial charge in [0.25, 0.3) is 0 Å². The zero-order chi connectivity index (χ0) is 17.0. The summed E-state index contributed by atoms with van der Waals surface area (Å²) in [5, 5.41) is 8.79. The maximum absolute atomic E-state index is 12.1. The van der Waals surface area contributed by atoms with Crippen molar-refractivity contribution >= 4 is 27.8 Å². The predicted molar refractivity (Wildman–Crippen MR) is 89.2 cm³/mol. The lowest BCUT2D eigenvalue weighted by molar-refractivity contribution is -0.138. The number of hydrogen-bond donors (Lipinski definition) is 2. The minimum atomic E-state index is -3.84. The van der Waals surface area contributed by atoms with Crippen molar-refractivity contribution in [3.63, 3.8) is 0 Å². The Morgan fingerprint density at radius 2 is 1.52 bits per heavy atom. The molecule has 0 bridgehead atoms. The number of carboxylic acid groups (broad SMARTS) is 1. The molecule has 2 aromatic rings. The van der Waals surface area contributed by atoms with Crippen LogP contribution in [-0.2, 0) is 14.8 Å². The molecule has 122 valence electrons. The zero-order valence-electron chi connectivity index (χ0n) is 12.7. The Morgan fingerprint density at radius 1 is 1.04 bits per heavy atom. The van der Waals surface area contributed by atoms with Crippen LogP contribution in [-0.4, -0.2) is 25.5 Å². The van der Waals surface area contributed by atoms with E-state index in [1.807, 2.05) is 31.2 Å². The highest BCUT2D eigenvalue weighted by atomic mass is 32.2. The fraction of sp³-hybridized carbons (Fsp3) is 0.188. The van der Waals surface area contributed by atoms with Crippen molar-refractivity contribution in [1.29, 1.82) is 0 Å². The molecule has 0 aliphatic rings. The van der Waals surface area contributed by atoms with E-state index in [0.717, 1.165) is 9.79 Å². The number of aryl methyl sites for hydroxylation is 1. The van der Waals surface area contributed by atoms with Gasteiger partial charge in [0, 0.05) is 9.79 Å². The highest BCUT2D eigenvalue weighted by molar-refractivity contribution is 7.99. The second-order valence-corrected chi connectivity index (χ2v) is 7.93. The van der Waals surface area contributed by atoms with Crippen LogP contribution >= 0.6 is 11.8 Å². The first-order valence-corrected chi connectivity index (χ1v) is 9.17. The Morgan fingerprint density at radius 3 is 2.00 bits per heavy atom. The minimum absolute atomic E-state index is 0.0406. The van der Waals surface area contributed by atoms with Gasteiger partial charge < -0.3 is 5.11 Å². The van der Waals surface area contributed by atoms with Crippen molar-refractivity contribution in [2.45, 2.75) is 34.6 Å². The highest BCUT2D eigenvalue weighted by Gasteiger charge is 2.21. The number of carboxylic acids is 1. The lowest BCUT2D eigenvalue weighted by Crippen LogP contribution is -2.38. The van der Waals surface area contributed by atoms with E-state index in [4.69, 9.17) is 5.11 Å². The van der Waals surface area contributed by atoms with Crippen LogP contribution in [0.25, 0.3) is 0 Å². The van der Waals surface area contributed by atoms with Gasteiger partial charge in [-0.25, -0.2) is 8.42 Å². The van der Waals surface area contributed by atoms with Crippen molar-refractivity contribution < 1.29 is 18.3 Å². The van der Waals surface area contributed by atoms with E-state index in [0.29, 0.717) is 0 Å². The lowest BCUT2D eigenvalue weighted by atomic mass is 10.2. The van der Waals surface area contributed by atoms with Crippen LogP contribution in [0.2, 0.25) is 0 Å². The van der Waals surface area contributed by atoms with E-state index < -0.39 is 22.0 Å². The number of nitrogens with one attached hydrogen (secondary N) is 1. The standard InChI is InChI=1S/C16H17NO4S2/c1-11-3-5-13(6-4-11)22-14-7-9-15(10-8-14)23(20,21)17-12(2)16(18)19/h3-10,12,17H,1-2H3,(H,18,19)/t12-/m0/s1. The van der Waals surface area contributed by atoms with Crippen molar-refractivity contribution in [2.75, 3.05) is 0 Å². The van der Waals surface area contributed by atoms with Crippen LogP contribution < -0.4 is 4.72 Å². The third kappa shape index (κ3) is 4.82. The van der Waals surface area contributed by atoms with Crippen molar-refractivity contribution in [1.82, 2.24) is 4.72 Å². The fourth-order valence-electron chi connectivity index (χ4n) is 1.78. The molecule has 0 saturated heterocycles. The van der Waals surface area contributed by atoms with Crippen molar-refractivity contribution in [3.05, 3.63) is 54.1 Å². The van der Waals surface area contributed by atoms with E-state index in [9.17, 15) is 13.2 Å². The second-order valence-electron chi connectivity index (χ2n) is 5.07. The Kier molecular flexibility index (Phi) is 5.46. The summed E-state index contributed by atoms with van der Waals surface area (Å²) in [5.74, 6) is -1.22. The number of hydrogen-bond acceptors (Lipinski definition) is 4. The quantitative estimate of drug-likeness (QED) is 0.836. The lowest BCUT2D eigenvalue weighted by Gasteiger charge is -2.10. The minimum Gasteiger partial charge on any atom is -0.480 e. The molecular weight excluding hydrogens is 334 g/mol. The number of benzene rings is 2. The van der Waals surface area contributed by atoms with Crippen molar-refractivity contribution in [2.24, 2.45) is 0 Å². The summed E-state index contributed by atoms with van der Waals surface area (Å²) in [6.07, 6.45) is 0. The Balaban J connectivity index is 2.12. The average Bonchev–Trinajstić information content (AvgIpc) is 2.49. The normalized spacial score (nSPS) is 12.8. The zero-order valence-corrected chi connectivity index (χ0v) is 14.3. The van der Waals surface area contributed by atoms with Crippen LogP contribution in [0.15, 0.2) is 63.2 Å². The molecular formula is C16H17NO4S2. The van der Waals surface area contributed by atoms with Gasteiger partial charge in [0.05, 0.1) is 4.90 Å². The molecule has 0 amide bonds. The SMILES string of the molecule is Cc1ccc(Sc2ccc(S(=O)(=O)N[C@@H](C)C(=O)O)cc2)cc1. The molecule has 0 fully saturated rings. The molecule has 0 aliphatic heterocycles. The molecule has 7 heteroatoms. The van der Waals surface area contributed by atoms with Crippen LogP contribution in [0.3, 0.4) is 0 Å². The molecule has 0 spiro atoms. The number of aliphatic carboxylic acids is 1. The fourth-order valence-corrected chi connectivity index (χ4v) is 3.79. The van der Waals surface area contributed by atoms with E-state index in [-0.39, 0.29) is 4.90 Å². The molecule has 1 atom stereocenters. The van der Waals surface area contributed by atoms with Crippen LogP contribution in [0.5, 0.6) is 0 Å².